The molecule has 0 aliphatic rings. The van der Waals surface area contributed by atoms with Crippen LogP contribution in [-0.4, -0.2) is 15.9 Å². The van der Waals surface area contributed by atoms with Crippen molar-refractivity contribution in [2.75, 3.05) is 11.1 Å². The number of aromatic nitrogens is 2. The van der Waals surface area contributed by atoms with Crippen molar-refractivity contribution in [3.05, 3.63) is 83.3 Å². The summed E-state index contributed by atoms with van der Waals surface area (Å²) in [6.07, 6.45) is -3.28. The molecule has 4 rings (SSSR count). The molecule has 4 aromatic rings. The Hall–Kier alpha value is -4.01. The smallest absolute Gasteiger partial charge is 0.368 e. The van der Waals surface area contributed by atoms with Gasteiger partial charge in [0, 0.05) is 17.1 Å². The Morgan fingerprint density at radius 1 is 1.06 bits per heavy atom. The van der Waals surface area contributed by atoms with Crippen LogP contribution in [0.5, 0.6) is 0 Å². The normalized spacial score (nSPS) is 11.5. The van der Waals surface area contributed by atoms with E-state index in [9.17, 15) is 22.4 Å². The number of benzene rings is 3. The Bertz CT molecular complexity index is 1350. The van der Waals surface area contributed by atoms with Gasteiger partial charge in [-0.15, -0.1) is 0 Å². The van der Waals surface area contributed by atoms with E-state index in [4.69, 9.17) is 5.73 Å². The zero-order chi connectivity index (χ0) is 23.0. The molecule has 1 aromatic heterocycles. The van der Waals surface area contributed by atoms with Crippen molar-refractivity contribution >= 4 is 28.4 Å². The molecule has 0 saturated carbocycles. The van der Waals surface area contributed by atoms with Gasteiger partial charge in [-0.3, -0.25) is 4.79 Å². The molecule has 32 heavy (non-hydrogen) atoms. The lowest BCUT2D eigenvalue weighted by Gasteiger charge is -2.13. The summed E-state index contributed by atoms with van der Waals surface area (Å²) in [4.78, 5) is 20.8. The number of rotatable bonds is 3. The van der Waals surface area contributed by atoms with Crippen LogP contribution in [0.3, 0.4) is 0 Å². The number of carbonyl (C=O) groups is 1. The van der Waals surface area contributed by atoms with Crippen LogP contribution in [0.25, 0.3) is 22.0 Å². The van der Waals surface area contributed by atoms with Crippen molar-refractivity contribution in [2.45, 2.75) is 13.1 Å². The number of alkyl halides is 3. The van der Waals surface area contributed by atoms with Crippen molar-refractivity contribution < 1.29 is 22.4 Å². The van der Waals surface area contributed by atoms with Crippen molar-refractivity contribution in [1.82, 2.24) is 9.97 Å². The van der Waals surface area contributed by atoms with E-state index in [1.165, 1.54) is 6.07 Å². The first-order valence-electron chi connectivity index (χ1n) is 9.44. The Morgan fingerprint density at radius 2 is 1.84 bits per heavy atom. The monoisotopic (exact) mass is 440 g/mol. The number of halogens is 4. The number of fused-ring (bicyclic) bond motifs is 1. The molecule has 3 aromatic carbocycles. The molecule has 0 bridgehead atoms. The van der Waals surface area contributed by atoms with Crippen molar-refractivity contribution in [2.24, 2.45) is 0 Å². The van der Waals surface area contributed by atoms with Crippen molar-refractivity contribution in [3.8, 4) is 11.1 Å². The molecule has 0 spiro atoms. The molecule has 0 aliphatic carbocycles. The molecule has 9 heteroatoms. The highest BCUT2D eigenvalue weighted by Crippen LogP contribution is 2.34. The van der Waals surface area contributed by atoms with E-state index in [0.717, 1.165) is 34.2 Å². The van der Waals surface area contributed by atoms with Crippen molar-refractivity contribution in [1.29, 1.82) is 0 Å². The highest BCUT2D eigenvalue weighted by atomic mass is 19.4. The summed E-state index contributed by atoms with van der Waals surface area (Å²) in [6, 6.07) is 13.0. The van der Waals surface area contributed by atoms with E-state index in [2.05, 4.69) is 15.3 Å². The van der Waals surface area contributed by atoms with E-state index in [0.29, 0.717) is 11.6 Å². The number of nitrogens with zero attached hydrogens (tertiary/aromatic N) is 2. The third-order valence-corrected chi connectivity index (χ3v) is 4.96. The zero-order valence-corrected chi connectivity index (χ0v) is 16.7. The zero-order valence-electron chi connectivity index (χ0n) is 16.7. The van der Waals surface area contributed by atoms with Gasteiger partial charge in [-0.25, -0.2) is 14.4 Å². The van der Waals surface area contributed by atoms with Crippen LogP contribution >= 0.6 is 0 Å². The number of carbonyl (C=O) groups excluding carboxylic acids is 1. The minimum Gasteiger partial charge on any atom is -0.368 e. The van der Waals surface area contributed by atoms with Crippen LogP contribution < -0.4 is 11.1 Å². The van der Waals surface area contributed by atoms with Crippen molar-refractivity contribution in [3.63, 3.8) is 0 Å². The number of aryl methyl sites for hydroxylation is 1. The van der Waals surface area contributed by atoms with Gasteiger partial charge in [0.25, 0.3) is 5.91 Å². The molecular weight excluding hydrogens is 424 g/mol. The summed E-state index contributed by atoms with van der Waals surface area (Å²) in [5, 5.41) is 2.97. The van der Waals surface area contributed by atoms with E-state index in [-0.39, 0.29) is 11.5 Å². The van der Waals surface area contributed by atoms with Gasteiger partial charge in [0.15, 0.2) is 5.82 Å². The Balaban J connectivity index is 1.68. The molecule has 0 saturated heterocycles. The van der Waals surface area contributed by atoms with Gasteiger partial charge >= 0.3 is 6.18 Å². The largest absolute Gasteiger partial charge is 0.419 e. The van der Waals surface area contributed by atoms with Gasteiger partial charge in [0.2, 0.25) is 5.95 Å². The molecule has 0 atom stereocenters. The molecule has 0 fully saturated rings. The van der Waals surface area contributed by atoms with E-state index in [1.807, 2.05) is 19.1 Å². The quantitative estimate of drug-likeness (QED) is 0.407. The standard InChI is InChI=1S/C23H16F4N4O/c1-12-5-6-14(21(32)30-19-4-2-3-17(20(19)24)23(25,26)27)10-16(12)13-7-8-18-15(9-13)11-29-22(28)31-18/h2-11H,1H3,(H,30,32)(H2,28,29,31). The highest BCUT2D eigenvalue weighted by molar-refractivity contribution is 6.05. The Morgan fingerprint density at radius 3 is 2.59 bits per heavy atom. The predicted octanol–water partition coefficient (Wildman–Crippen LogP) is 5.60. The number of nitrogens with two attached hydrogens (primary N) is 1. The van der Waals surface area contributed by atoms with E-state index in [1.54, 1.807) is 24.4 Å². The number of amides is 1. The first kappa shape index (κ1) is 21.2. The third kappa shape index (κ3) is 4.09. The molecule has 162 valence electrons. The number of nitrogen functional groups attached to an aromatic ring is 1. The molecular formula is C23H16F4N4O. The molecule has 1 amide bonds. The average molecular weight is 440 g/mol. The first-order valence-corrected chi connectivity index (χ1v) is 9.44. The number of hydrogen-bond donors (Lipinski definition) is 2. The van der Waals surface area contributed by atoms with Crippen LogP contribution in [-0.2, 0) is 6.18 Å². The van der Waals surface area contributed by atoms with Gasteiger partial charge in [0.1, 0.15) is 0 Å². The van der Waals surface area contributed by atoms with Crippen LogP contribution in [0.4, 0.5) is 29.2 Å². The lowest BCUT2D eigenvalue weighted by molar-refractivity contribution is -0.139. The van der Waals surface area contributed by atoms with Gasteiger partial charge in [0.05, 0.1) is 16.8 Å². The van der Waals surface area contributed by atoms with Gasteiger partial charge in [-0.05, 0) is 60.0 Å². The summed E-state index contributed by atoms with van der Waals surface area (Å²) >= 11 is 0. The first-order chi connectivity index (χ1) is 15.1. The summed E-state index contributed by atoms with van der Waals surface area (Å²) in [7, 11) is 0. The molecule has 0 radical (unpaired) electrons. The lowest BCUT2D eigenvalue weighted by atomic mass is 9.97. The van der Waals surface area contributed by atoms with E-state index < -0.39 is 29.2 Å². The average Bonchev–Trinajstić information content (AvgIpc) is 2.74. The number of nitrogens with one attached hydrogen (secondary N) is 1. The van der Waals surface area contributed by atoms with Gasteiger partial charge in [-0.2, -0.15) is 13.2 Å². The second-order valence-corrected chi connectivity index (χ2v) is 7.15. The summed E-state index contributed by atoms with van der Waals surface area (Å²) in [6.45, 7) is 1.85. The fourth-order valence-electron chi connectivity index (χ4n) is 3.33. The fraction of sp³-hybridized carbons (Fsp3) is 0.0870. The maximum absolute atomic E-state index is 14.3. The maximum atomic E-state index is 14.3. The van der Waals surface area contributed by atoms with Gasteiger partial charge < -0.3 is 11.1 Å². The Kier molecular flexibility index (Phi) is 5.25. The highest BCUT2D eigenvalue weighted by Gasteiger charge is 2.35. The van der Waals surface area contributed by atoms with Crippen LogP contribution in [0, 0.1) is 12.7 Å². The van der Waals surface area contributed by atoms with Crippen LogP contribution in [0.2, 0.25) is 0 Å². The molecule has 0 aliphatic heterocycles. The predicted molar refractivity (Wildman–Crippen MR) is 113 cm³/mol. The van der Waals surface area contributed by atoms with Crippen LogP contribution in [0.15, 0.2) is 60.8 Å². The third-order valence-electron chi connectivity index (χ3n) is 4.96. The molecule has 3 N–H and O–H groups in total. The van der Waals surface area contributed by atoms with Crippen LogP contribution in [0.1, 0.15) is 21.5 Å². The topological polar surface area (TPSA) is 80.9 Å². The number of hydrogen-bond acceptors (Lipinski definition) is 4. The minimum atomic E-state index is -4.87. The van der Waals surface area contributed by atoms with Gasteiger partial charge in [-0.1, -0.05) is 18.2 Å². The number of anilines is 2. The molecule has 5 nitrogen and oxygen atoms in total. The second-order valence-electron chi connectivity index (χ2n) is 7.15. The summed E-state index contributed by atoms with van der Waals surface area (Å²) in [5.41, 5.74) is 6.80. The lowest BCUT2D eigenvalue weighted by Crippen LogP contribution is -2.16. The molecule has 0 unspecified atom stereocenters. The van der Waals surface area contributed by atoms with E-state index >= 15 is 0 Å². The molecule has 1 heterocycles. The summed E-state index contributed by atoms with van der Waals surface area (Å²) in [5.74, 6) is -2.11. The fourth-order valence-corrected chi connectivity index (χ4v) is 3.33. The SMILES string of the molecule is Cc1ccc(C(=O)Nc2cccc(C(F)(F)F)c2F)cc1-c1ccc2nc(N)ncc2c1. The maximum Gasteiger partial charge on any atom is 0.419 e. The second kappa shape index (κ2) is 7.92. The minimum absolute atomic E-state index is 0.155. The Labute approximate surface area is 179 Å². The summed E-state index contributed by atoms with van der Waals surface area (Å²) < 4.78 is 53.1.